The zero-order valence-electron chi connectivity index (χ0n) is 4.95. The van der Waals surface area contributed by atoms with Gasteiger partial charge in [0.2, 0.25) is 0 Å². The molecule has 0 bridgehead atoms. The maximum absolute atomic E-state index is 4.71. The largest absolute Gasteiger partial charge is 0.451 e. The Morgan fingerprint density at radius 1 is 1.67 bits per heavy atom. The first kappa shape index (κ1) is 5.82. The van der Waals surface area contributed by atoms with Gasteiger partial charge in [-0.3, -0.25) is 0 Å². The molecule has 0 aliphatic heterocycles. The van der Waals surface area contributed by atoms with Crippen LogP contribution in [-0.4, -0.2) is 4.98 Å². The highest BCUT2D eigenvalue weighted by Crippen LogP contribution is 1.95. The second-order valence-electron chi connectivity index (χ2n) is 1.51. The van der Waals surface area contributed by atoms with Gasteiger partial charge in [-0.25, -0.2) is 4.98 Å². The molecule has 0 atom stereocenters. The van der Waals surface area contributed by atoms with Gasteiger partial charge in [0.25, 0.3) is 0 Å². The molecule has 0 unspecified atom stereocenters. The van der Waals surface area contributed by atoms with Gasteiger partial charge in [-0.15, -0.1) is 0 Å². The summed E-state index contributed by atoms with van der Waals surface area (Å²) in [5.41, 5.74) is 0.815. The lowest BCUT2D eigenvalue weighted by Gasteiger charge is -1.73. The summed E-state index contributed by atoms with van der Waals surface area (Å²) in [4.78, 5) is 3.85. The molecule has 9 heavy (non-hydrogen) atoms. The van der Waals surface area contributed by atoms with Crippen LogP contribution in [0.2, 0.25) is 0 Å². The van der Waals surface area contributed by atoms with E-state index >= 15 is 0 Å². The topological polar surface area (TPSA) is 26.0 Å². The van der Waals surface area contributed by atoms with Crippen molar-refractivity contribution in [1.29, 1.82) is 0 Å². The second-order valence-corrected chi connectivity index (χ2v) is 1.51. The zero-order valence-corrected chi connectivity index (χ0v) is 4.95. The van der Waals surface area contributed by atoms with Crippen LogP contribution in [-0.2, 0) is 0 Å². The lowest BCUT2D eigenvalue weighted by Crippen LogP contribution is -1.63. The Morgan fingerprint density at radius 2 is 2.56 bits per heavy atom. The van der Waals surface area contributed by atoms with Crippen LogP contribution < -0.4 is 0 Å². The fraction of sp³-hybridized carbons (Fsp3) is 0. The molecule has 0 radical (unpaired) electrons. The van der Waals surface area contributed by atoms with Crippen molar-refractivity contribution in [3.63, 3.8) is 0 Å². The molecule has 0 spiro atoms. The summed E-state index contributed by atoms with van der Waals surface area (Å²) >= 11 is 0. The van der Waals surface area contributed by atoms with Crippen molar-refractivity contribution in [3.8, 4) is 0 Å². The Bertz CT molecular complexity index is 199. The molecule has 0 saturated carbocycles. The third-order valence-electron chi connectivity index (χ3n) is 0.854. The van der Waals surface area contributed by atoms with Crippen molar-refractivity contribution in [2.45, 2.75) is 0 Å². The van der Waals surface area contributed by atoms with Gasteiger partial charge in [0.15, 0.2) is 6.39 Å². The molecule has 2 nitrogen and oxygen atoms in total. The summed E-state index contributed by atoms with van der Waals surface area (Å²) in [6.45, 7) is 3.51. The molecule has 0 aliphatic carbocycles. The normalized spacial score (nSPS) is 10.2. The lowest BCUT2D eigenvalue weighted by atomic mass is 10.4. The van der Waals surface area contributed by atoms with Crippen LogP contribution in [0.1, 0.15) is 5.69 Å². The number of rotatable bonds is 2. The Balaban J connectivity index is 2.67. The van der Waals surface area contributed by atoms with Gasteiger partial charge >= 0.3 is 0 Å². The van der Waals surface area contributed by atoms with E-state index in [1.807, 2.05) is 6.08 Å². The van der Waals surface area contributed by atoms with Crippen molar-refractivity contribution in [3.05, 3.63) is 37.1 Å². The molecule has 0 amide bonds. The minimum atomic E-state index is 0.815. The third kappa shape index (κ3) is 1.57. The molecule has 46 valence electrons. The predicted octanol–water partition coefficient (Wildman–Crippen LogP) is 1.87. The highest BCUT2D eigenvalue weighted by Gasteiger charge is 1.83. The van der Waals surface area contributed by atoms with Crippen LogP contribution >= 0.6 is 0 Å². The molecule has 1 rings (SSSR count). The minimum Gasteiger partial charge on any atom is -0.451 e. The van der Waals surface area contributed by atoms with Crippen molar-refractivity contribution in [2.24, 2.45) is 0 Å². The van der Waals surface area contributed by atoms with Crippen LogP contribution in [0.25, 0.3) is 6.08 Å². The highest BCUT2D eigenvalue weighted by molar-refractivity contribution is 5.44. The van der Waals surface area contributed by atoms with E-state index in [-0.39, 0.29) is 0 Å². The van der Waals surface area contributed by atoms with E-state index < -0.39 is 0 Å². The van der Waals surface area contributed by atoms with E-state index in [0.717, 1.165) is 5.69 Å². The smallest absolute Gasteiger partial charge is 0.181 e. The van der Waals surface area contributed by atoms with Crippen molar-refractivity contribution < 1.29 is 4.42 Å². The second kappa shape index (κ2) is 2.87. The molecule has 0 saturated heterocycles. The molecular weight excluding hydrogens is 114 g/mol. The summed E-state index contributed by atoms with van der Waals surface area (Å²) in [6.07, 6.45) is 8.27. The van der Waals surface area contributed by atoms with Gasteiger partial charge in [0.1, 0.15) is 12.0 Å². The van der Waals surface area contributed by atoms with Crippen LogP contribution in [0.3, 0.4) is 0 Å². The van der Waals surface area contributed by atoms with Crippen LogP contribution in [0.5, 0.6) is 0 Å². The van der Waals surface area contributed by atoms with E-state index in [9.17, 15) is 0 Å². The Morgan fingerprint density at radius 3 is 3.11 bits per heavy atom. The average molecular weight is 121 g/mol. The number of nitrogens with zero attached hydrogens (tertiary/aromatic N) is 1. The standard InChI is InChI=1S/C7H7NO/c1-2-3-4-7-5-9-6-8-7/h2-6H,1H2. The van der Waals surface area contributed by atoms with Crippen LogP contribution in [0.15, 0.2) is 35.8 Å². The summed E-state index contributed by atoms with van der Waals surface area (Å²) in [6, 6.07) is 0. The van der Waals surface area contributed by atoms with Crippen molar-refractivity contribution in [1.82, 2.24) is 4.98 Å². The maximum atomic E-state index is 4.71. The molecular formula is C7H7NO. The maximum Gasteiger partial charge on any atom is 0.181 e. The molecule has 1 aromatic rings. The number of aromatic nitrogens is 1. The van der Waals surface area contributed by atoms with Crippen LogP contribution in [0.4, 0.5) is 0 Å². The Labute approximate surface area is 53.5 Å². The van der Waals surface area contributed by atoms with E-state index in [4.69, 9.17) is 4.42 Å². The molecule has 0 N–H and O–H groups in total. The SMILES string of the molecule is C=CC=Cc1cocn1. The number of hydrogen-bond donors (Lipinski definition) is 0. The van der Waals surface area contributed by atoms with Gasteiger partial charge in [0, 0.05) is 0 Å². The fourth-order valence-electron chi connectivity index (χ4n) is 0.471. The summed E-state index contributed by atoms with van der Waals surface area (Å²) in [7, 11) is 0. The third-order valence-corrected chi connectivity index (χ3v) is 0.854. The van der Waals surface area contributed by atoms with E-state index in [1.54, 1.807) is 18.4 Å². The molecule has 0 fully saturated rings. The molecule has 1 aromatic heterocycles. The van der Waals surface area contributed by atoms with Gasteiger partial charge < -0.3 is 4.42 Å². The molecule has 2 heteroatoms. The van der Waals surface area contributed by atoms with Gasteiger partial charge in [0.05, 0.1) is 0 Å². The first-order valence-corrected chi connectivity index (χ1v) is 2.61. The highest BCUT2D eigenvalue weighted by atomic mass is 16.3. The van der Waals surface area contributed by atoms with E-state index in [0.29, 0.717) is 0 Å². The molecule has 0 aromatic carbocycles. The van der Waals surface area contributed by atoms with E-state index in [2.05, 4.69) is 11.6 Å². The summed E-state index contributed by atoms with van der Waals surface area (Å²) in [5.74, 6) is 0. The predicted molar refractivity (Wildman–Crippen MR) is 35.7 cm³/mol. The first-order chi connectivity index (χ1) is 4.43. The van der Waals surface area contributed by atoms with Crippen molar-refractivity contribution >= 4 is 6.08 Å². The fourth-order valence-corrected chi connectivity index (χ4v) is 0.471. The Kier molecular flexibility index (Phi) is 1.85. The molecule has 1 heterocycles. The van der Waals surface area contributed by atoms with Gasteiger partial charge in [-0.2, -0.15) is 0 Å². The molecule has 0 aliphatic rings. The van der Waals surface area contributed by atoms with Crippen molar-refractivity contribution in [2.75, 3.05) is 0 Å². The van der Waals surface area contributed by atoms with Crippen LogP contribution in [0, 0.1) is 0 Å². The lowest BCUT2D eigenvalue weighted by molar-refractivity contribution is 0.557. The zero-order chi connectivity index (χ0) is 6.53. The number of oxazole rings is 1. The van der Waals surface area contributed by atoms with Gasteiger partial charge in [-0.1, -0.05) is 18.7 Å². The average Bonchev–Trinajstić information content (AvgIpc) is 2.34. The monoisotopic (exact) mass is 121 g/mol. The summed E-state index contributed by atoms with van der Waals surface area (Å²) in [5, 5.41) is 0. The van der Waals surface area contributed by atoms with Gasteiger partial charge in [-0.05, 0) is 6.08 Å². The first-order valence-electron chi connectivity index (χ1n) is 2.61. The summed E-state index contributed by atoms with van der Waals surface area (Å²) < 4.78 is 4.71. The quantitative estimate of drug-likeness (QED) is 0.558. The minimum absolute atomic E-state index is 0.815. The Hall–Kier alpha value is -1.31. The number of allylic oxidation sites excluding steroid dienone is 2. The van der Waals surface area contributed by atoms with E-state index in [1.165, 1.54) is 6.39 Å². The number of hydrogen-bond acceptors (Lipinski definition) is 2.